The average molecular weight is 298 g/mol. The van der Waals surface area contributed by atoms with Gasteiger partial charge in [-0.2, -0.15) is 0 Å². The lowest BCUT2D eigenvalue weighted by atomic mass is 10.0. The number of Topliss-reactive ketones (excluding diaryl/α,β-unsaturated/α-hetero) is 1. The molecule has 0 unspecified atom stereocenters. The predicted octanol–water partition coefficient (Wildman–Crippen LogP) is 3.30. The van der Waals surface area contributed by atoms with Crippen LogP contribution in [0.3, 0.4) is 0 Å². The molecule has 0 fully saturated rings. The number of ether oxygens (including phenoxy) is 2. The molecular formula is C18H18O4. The number of carbonyl (C=O) groups is 2. The normalized spacial score (nSPS) is 10.1. The third-order valence-electron chi connectivity index (χ3n) is 3.43. The van der Waals surface area contributed by atoms with Crippen LogP contribution in [0.4, 0.5) is 0 Å². The summed E-state index contributed by atoms with van der Waals surface area (Å²) >= 11 is 0. The summed E-state index contributed by atoms with van der Waals surface area (Å²) in [6.45, 7) is 0. The molecule has 0 saturated heterocycles. The zero-order valence-electron chi connectivity index (χ0n) is 12.7. The van der Waals surface area contributed by atoms with E-state index >= 15 is 0 Å². The highest BCUT2D eigenvalue weighted by Crippen LogP contribution is 2.14. The lowest BCUT2D eigenvalue weighted by Gasteiger charge is -2.04. The minimum Gasteiger partial charge on any atom is -0.497 e. The molecular weight excluding hydrogens is 280 g/mol. The van der Waals surface area contributed by atoms with E-state index < -0.39 is 0 Å². The molecule has 22 heavy (non-hydrogen) atoms. The summed E-state index contributed by atoms with van der Waals surface area (Å²) in [5, 5.41) is 0. The highest BCUT2D eigenvalue weighted by molar-refractivity contribution is 5.96. The molecule has 0 amide bonds. The van der Waals surface area contributed by atoms with Gasteiger partial charge in [-0.25, -0.2) is 4.79 Å². The van der Waals surface area contributed by atoms with Crippen LogP contribution in [0, 0.1) is 0 Å². The van der Waals surface area contributed by atoms with E-state index in [0.717, 1.165) is 11.3 Å². The first-order chi connectivity index (χ1) is 10.6. The van der Waals surface area contributed by atoms with Gasteiger partial charge in [0.05, 0.1) is 19.8 Å². The summed E-state index contributed by atoms with van der Waals surface area (Å²) in [5.41, 5.74) is 2.19. The molecule has 2 aromatic rings. The van der Waals surface area contributed by atoms with Gasteiger partial charge in [-0.15, -0.1) is 0 Å². The van der Waals surface area contributed by atoms with Crippen LogP contribution >= 0.6 is 0 Å². The Morgan fingerprint density at radius 2 is 1.45 bits per heavy atom. The van der Waals surface area contributed by atoms with Crippen LogP contribution in [0.5, 0.6) is 5.75 Å². The third-order valence-corrected chi connectivity index (χ3v) is 3.43. The predicted molar refractivity (Wildman–Crippen MR) is 83.4 cm³/mol. The van der Waals surface area contributed by atoms with Crippen molar-refractivity contribution in [1.82, 2.24) is 0 Å². The van der Waals surface area contributed by atoms with Crippen molar-refractivity contribution >= 4 is 11.8 Å². The summed E-state index contributed by atoms with van der Waals surface area (Å²) in [5.74, 6) is 0.454. The van der Waals surface area contributed by atoms with E-state index in [1.54, 1.807) is 43.5 Å². The maximum Gasteiger partial charge on any atom is 0.337 e. The molecule has 0 radical (unpaired) electrons. The van der Waals surface area contributed by atoms with Crippen molar-refractivity contribution in [2.24, 2.45) is 0 Å². The van der Waals surface area contributed by atoms with Crippen LogP contribution < -0.4 is 4.74 Å². The van der Waals surface area contributed by atoms with Crippen molar-refractivity contribution in [1.29, 1.82) is 0 Å². The molecule has 4 heteroatoms. The van der Waals surface area contributed by atoms with Gasteiger partial charge < -0.3 is 9.47 Å². The molecule has 0 atom stereocenters. The molecule has 0 saturated carbocycles. The molecule has 4 nitrogen and oxygen atoms in total. The van der Waals surface area contributed by atoms with Crippen LogP contribution in [0.15, 0.2) is 48.5 Å². The first-order valence-corrected chi connectivity index (χ1v) is 6.98. The molecule has 2 aromatic carbocycles. The van der Waals surface area contributed by atoms with E-state index in [1.165, 1.54) is 7.11 Å². The molecule has 0 heterocycles. The quantitative estimate of drug-likeness (QED) is 0.606. The van der Waals surface area contributed by atoms with Crippen molar-refractivity contribution < 1.29 is 19.1 Å². The highest BCUT2D eigenvalue weighted by atomic mass is 16.5. The molecule has 0 aliphatic carbocycles. The largest absolute Gasteiger partial charge is 0.497 e. The fourth-order valence-electron chi connectivity index (χ4n) is 2.10. The Hall–Kier alpha value is -2.62. The zero-order valence-corrected chi connectivity index (χ0v) is 12.7. The van der Waals surface area contributed by atoms with Crippen molar-refractivity contribution in [3.05, 3.63) is 65.2 Å². The van der Waals surface area contributed by atoms with Gasteiger partial charge >= 0.3 is 5.97 Å². The van der Waals surface area contributed by atoms with Crippen LogP contribution in [-0.2, 0) is 11.2 Å². The fraction of sp³-hybridized carbons (Fsp3) is 0.222. The first kappa shape index (κ1) is 15.8. The molecule has 0 aliphatic rings. The summed E-state index contributed by atoms with van der Waals surface area (Å²) < 4.78 is 9.72. The van der Waals surface area contributed by atoms with Crippen LogP contribution in [0.1, 0.15) is 32.7 Å². The molecule has 0 aliphatic heterocycles. The van der Waals surface area contributed by atoms with Crippen molar-refractivity contribution in [3.63, 3.8) is 0 Å². The second-order valence-electron chi connectivity index (χ2n) is 4.84. The lowest BCUT2D eigenvalue weighted by Crippen LogP contribution is -2.03. The number of rotatable bonds is 6. The maximum absolute atomic E-state index is 12.1. The fourth-order valence-corrected chi connectivity index (χ4v) is 2.10. The summed E-state index contributed by atoms with van der Waals surface area (Å²) in [7, 11) is 2.94. The van der Waals surface area contributed by atoms with E-state index in [0.29, 0.717) is 24.0 Å². The molecule has 0 bridgehead atoms. The van der Waals surface area contributed by atoms with E-state index in [-0.39, 0.29) is 11.8 Å². The number of esters is 1. The molecule has 114 valence electrons. The molecule has 0 N–H and O–H groups in total. The van der Waals surface area contributed by atoms with Gasteiger partial charge in [0.1, 0.15) is 5.75 Å². The van der Waals surface area contributed by atoms with Gasteiger partial charge in [0.25, 0.3) is 0 Å². The number of methoxy groups -OCH3 is 2. The summed E-state index contributed by atoms with van der Waals surface area (Å²) in [6, 6.07) is 14.2. The smallest absolute Gasteiger partial charge is 0.337 e. The van der Waals surface area contributed by atoms with E-state index in [9.17, 15) is 9.59 Å². The third kappa shape index (κ3) is 3.95. The monoisotopic (exact) mass is 298 g/mol. The minimum absolute atomic E-state index is 0.0831. The molecule has 2 rings (SSSR count). The topological polar surface area (TPSA) is 52.6 Å². The van der Waals surface area contributed by atoms with Gasteiger partial charge in [0, 0.05) is 12.0 Å². The van der Waals surface area contributed by atoms with Gasteiger partial charge in [-0.1, -0.05) is 12.1 Å². The second-order valence-corrected chi connectivity index (χ2v) is 4.84. The van der Waals surface area contributed by atoms with E-state index in [4.69, 9.17) is 4.74 Å². The zero-order chi connectivity index (χ0) is 15.9. The molecule has 0 aromatic heterocycles. The van der Waals surface area contributed by atoms with Crippen molar-refractivity contribution in [2.75, 3.05) is 14.2 Å². The van der Waals surface area contributed by atoms with Crippen LogP contribution in [0.25, 0.3) is 0 Å². The minimum atomic E-state index is -0.360. The SMILES string of the molecule is COC(=O)c1ccc(CCC(=O)c2ccc(OC)cc2)cc1. The highest BCUT2D eigenvalue weighted by Gasteiger charge is 2.08. The Balaban J connectivity index is 1.94. The average Bonchev–Trinajstić information content (AvgIpc) is 2.59. The van der Waals surface area contributed by atoms with E-state index in [1.807, 2.05) is 12.1 Å². The lowest BCUT2D eigenvalue weighted by molar-refractivity contribution is 0.0600. The Morgan fingerprint density at radius 1 is 0.864 bits per heavy atom. The van der Waals surface area contributed by atoms with Gasteiger partial charge in [-0.05, 0) is 48.4 Å². The maximum atomic E-state index is 12.1. The summed E-state index contributed by atoms with van der Waals surface area (Å²) in [6.07, 6.45) is 1.05. The summed E-state index contributed by atoms with van der Waals surface area (Å²) in [4.78, 5) is 23.5. The van der Waals surface area contributed by atoms with Crippen LogP contribution in [-0.4, -0.2) is 26.0 Å². The second kappa shape index (κ2) is 7.41. The standard InChI is InChI=1S/C18H18O4/c1-21-16-10-8-14(9-11-16)17(19)12-5-13-3-6-15(7-4-13)18(20)22-2/h3-4,6-11H,5,12H2,1-2H3. The Bertz CT molecular complexity index is 642. The molecule has 0 spiro atoms. The number of carbonyl (C=O) groups excluding carboxylic acids is 2. The van der Waals surface area contributed by atoms with Crippen LogP contribution in [0.2, 0.25) is 0 Å². The Labute approximate surface area is 129 Å². The number of aryl methyl sites for hydroxylation is 1. The first-order valence-electron chi connectivity index (χ1n) is 6.98. The number of hydrogen-bond donors (Lipinski definition) is 0. The van der Waals surface area contributed by atoms with Crippen molar-refractivity contribution in [3.8, 4) is 5.75 Å². The van der Waals surface area contributed by atoms with Gasteiger partial charge in [0.15, 0.2) is 5.78 Å². The number of hydrogen-bond acceptors (Lipinski definition) is 4. The van der Waals surface area contributed by atoms with E-state index in [2.05, 4.69) is 4.74 Å². The number of ketones is 1. The Kier molecular flexibility index (Phi) is 5.31. The van der Waals surface area contributed by atoms with Gasteiger partial charge in [-0.3, -0.25) is 4.79 Å². The van der Waals surface area contributed by atoms with Crippen molar-refractivity contribution in [2.45, 2.75) is 12.8 Å². The Morgan fingerprint density at radius 3 is 2.00 bits per heavy atom. The van der Waals surface area contributed by atoms with Gasteiger partial charge in [0.2, 0.25) is 0 Å². The number of benzene rings is 2.